The summed E-state index contributed by atoms with van der Waals surface area (Å²) in [6, 6.07) is 17.5. The highest BCUT2D eigenvalue weighted by molar-refractivity contribution is 14.1. The van der Waals surface area contributed by atoms with E-state index in [4.69, 9.17) is 10.00 Å². The largest absolute Gasteiger partial charge is 0.402 e. The predicted octanol–water partition coefficient (Wildman–Crippen LogP) is 3.99. The number of nitriles is 1. The lowest BCUT2D eigenvalue weighted by Crippen LogP contribution is -2.17. The molecule has 130 valence electrons. The van der Waals surface area contributed by atoms with Crippen LogP contribution in [0.3, 0.4) is 0 Å². The summed E-state index contributed by atoms with van der Waals surface area (Å²) in [4.78, 5) is 18.5. The van der Waals surface area contributed by atoms with Crippen molar-refractivity contribution in [2.45, 2.75) is 6.42 Å². The number of cyclic esters (lactones) is 1. The molecule has 0 N–H and O–H groups in total. The van der Waals surface area contributed by atoms with E-state index in [9.17, 15) is 4.79 Å². The molecule has 6 heteroatoms. The fourth-order valence-corrected chi connectivity index (χ4v) is 3.11. The van der Waals surface area contributed by atoms with Crippen LogP contribution >= 0.6 is 22.6 Å². The number of hydrogen-bond donors (Lipinski definition) is 0. The summed E-state index contributed by atoms with van der Waals surface area (Å²) in [6.45, 7) is 0.673. The molecule has 26 heavy (non-hydrogen) atoms. The van der Waals surface area contributed by atoms with Crippen LogP contribution in [0.4, 0.5) is 5.69 Å². The van der Waals surface area contributed by atoms with Crippen molar-refractivity contribution >= 4 is 46.2 Å². The summed E-state index contributed by atoms with van der Waals surface area (Å²) in [5, 5.41) is 8.67. The molecular weight excluding hydrogens is 441 g/mol. The van der Waals surface area contributed by atoms with Gasteiger partial charge in [-0.1, -0.05) is 24.3 Å². The number of aliphatic imine (C=N–C) groups is 1. The van der Waals surface area contributed by atoms with E-state index < -0.39 is 5.97 Å². The Balaban J connectivity index is 1.80. The summed E-state index contributed by atoms with van der Waals surface area (Å²) in [5.74, 6) is -0.117. The van der Waals surface area contributed by atoms with Crippen molar-refractivity contribution in [3.05, 3.63) is 68.9 Å². The van der Waals surface area contributed by atoms with Crippen LogP contribution < -0.4 is 4.90 Å². The first-order valence-corrected chi connectivity index (χ1v) is 9.12. The first-order valence-electron chi connectivity index (χ1n) is 8.04. The zero-order valence-corrected chi connectivity index (χ0v) is 16.3. The maximum Gasteiger partial charge on any atom is 0.363 e. The SMILES string of the molecule is CN(CCC#N)c1ccc(C=C2N=C(c3ccccc3I)OC2=O)cc1. The number of carbonyl (C=O) groups is 1. The second-order valence-corrected chi connectivity index (χ2v) is 6.90. The van der Waals surface area contributed by atoms with Gasteiger partial charge in [-0.25, -0.2) is 9.79 Å². The number of carbonyl (C=O) groups excluding carboxylic acids is 1. The van der Waals surface area contributed by atoms with Gasteiger partial charge < -0.3 is 9.64 Å². The van der Waals surface area contributed by atoms with Crippen molar-refractivity contribution in [3.63, 3.8) is 0 Å². The molecule has 1 aliphatic heterocycles. The van der Waals surface area contributed by atoms with E-state index in [2.05, 4.69) is 33.7 Å². The van der Waals surface area contributed by atoms with Crippen LogP contribution in [0.5, 0.6) is 0 Å². The minimum absolute atomic E-state index is 0.283. The van der Waals surface area contributed by atoms with Gasteiger partial charge in [-0.15, -0.1) is 0 Å². The summed E-state index contributed by atoms with van der Waals surface area (Å²) in [6.07, 6.45) is 2.19. The molecule has 2 aromatic carbocycles. The molecule has 3 rings (SSSR count). The number of halogens is 1. The minimum atomic E-state index is -0.449. The number of anilines is 1. The summed E-state index contributed by atoms with van der Waals surface area (Å²) >= 11 is 2.19. The molecule has 0 saturated heterocycles. The third-order valence-electron chi connectivity index (χ3n) is 3.92. The molecule has 1 aliphatic rings. The van der Waals surface area contributed by atoms with Gasteiger partial charge in [0, 0.05) is 22.8 Å². The van der Waals surface area contributed by atoms with Crippen LogP contribution in [0, 0.1) is 14.9 Å². The van der Waals surface area contributed by atoms with Crippen LogP contribution in [0.25, 0.3) is 6.08 Å². The molecule has 0 atom stereocenters. The Labute approximate surface area is 165 Å². The van der Waals surface area contributed by atoms with Crippen molar-refractivity contribution in [1.82, 2.24) is 0 Å². The van der Waals surface area contributed by atoms with Crippen LogP contribution in [0.2, 0.25) is 0 Å². The minimum Gasteiger partial charge on any atom is -0.402 e. The topological polar surface area (TPSA) is 65.7 Å². The molecule has 0 radical (unpaired) electrons. The molecule has 0 unspecified atom stereocenters. The van der Waals surface area contributed by atoms with Crippen LogP contribution in [-0.2, 0) is 9.53 Å². The van der Waals surface area contributed by atoms with Crippen molar-refractivity contribution in [2.75, 3.05) is 18.5 Å². The van der Waals surface area contributed by atoms with Gasteiger partial charge in [-0.2, -0.15) is 5.26 Å². The smallest absolute Gasteiger partial charge is 0.363 e. The number of benzene rings is 2. The highest BCUT2D eigenvalue weighted by atomic mass is 127. The predicted molar refractivity (Wildman–Crippen MR) is 110 cm³/mol. The Morgan fingerprint density at radius 3 is 2.65 bits per heavy atom. The average Bonchev–Trinajstić information content (AvgIpc) is 3.01. The third-order valence-corrected chi connectivity index (χ3v) is 4.86. The highest BCUT2D eigenvalue weighted by Crippen LogP contribution is 2.23. The second-order valence-electron chi connectivity index (χ2n) is 5.74. The van der Waals surface area contributed by atoms with Gasteiger partial charge in [0.15, 0.2) is 5.70 Å². The van der Waals surface area contributed by atoms with Crippen molar-refractivity contribution < 1.29 is 9.53 Å². The lowest BCUT2D eigenvalue weighted by atomic mass is 10.1. The molecule has 0 amide bonds. The molecule has 1 heterocycles. The number of rotatable bonds is 5. The Bertz CT molecular complexity index is 927. The molecule has 0 bridgehead atoms. The summed E-state index contributed by atoms with van der Waals surface area (Å²) in [5.41, 5.74) is 2.96. The van der Waals surface area contributed by atoms with Gasteiger partial charge in [-0.05, 0) is 58.5 Å². The molecule has 5 nitrogen and oxygen atoms in total. The Kier molecular flexibility index (Phi) is 5.68. The van der Waals surface area contributed by atoms with Gasteiger partial charge in [0.2, 0.25) is 5.90 Å². The Hall–Kier alpha value is -2.66. The lowest BCUT2D eigenvalue weighted by molar-refractivity contribution is -0.129. The van der Waals surface area contributed by atoms with E-state index in [0.717, 1.165) is 20.4 Å². The van der Waals surface area contributed by atoms with Gasteiger partial charge in [-0.3, -0.25) is 0 Å². The lowest BCUT2D eigenvalue weighted by Gasteiger charge is -2.17. The molecule has 0 aromatic heterocycles. The monoisotopic (exact) mass is 457 g/mol. The average molecular weight is 457 g/mol. The number of ether oxygens (including phenoxy) is 1. The number of hydrogen-bond acceptors (Lipinski definition) is 5. The maximum atomic E-state index is 12.1. The summed E-state index contributed by atoms with van der Waals surface area (Å²) < 4.78 is 6.29. The fraction of sp³-hybridized carbons (Fsp3) is 0.150. The van der Waals surface area contributed by atoms with Crippen LogP contribution in [0.15, 0.2) is 59.2 Å². The van der Waals surface area contributed by atoms with Gasteiger partial charge in [0.05, 0.1) is 18.1 Å². The van der Waals surface area contributed by atoms with E-state index in [1.807, 2.05) is 60.5 Å². The van der Waals surface area contributed by atoms with Crippen LogP contribution in [-0.4, -0.2) is 25.5 Å². The second kappa shape index (κ2) is 8.15. The Morgan fingerprint density at radius 2 is 1.96 bits per heavy atom. The quantitative estimate of drug-likeness (QED) is 0.387. The van der Waals surface area contributed by atoms with E-state index in [1.54, 1.807) is 6.08 Å². The molecule has 0 fully saturated rings. The Morgan fingerprint density at radius 1 is 1.23 bits per heavy atom. The zero-order valence-electron chi connectivity index (χ0n) is 14.1. The van der Waals surface area contributed by atoms with Crippen molar-refractivity contribution in [2.24, 2.45) is 4.99 Å². The van der Waals surface area contributed by atoms with Crippen molar-refractivity contribution in [1.29, 1.82) is 5.26 Å². The fourth-order valence-electron chi connectivity index (χ4n) is 2.49. The number of nitrogens with zero attached hydrogens (tertiary/aromatic N) is 3. The van der Waals surface area contributed by atoms with E-state index in [0.29, 0.717) is 18.9 Å². The van der Waals surface area contributed by atoms with E-state index in [-0.39, 0.29) is 5.70 Å². The maximum absolute atomic E-state index is 12.1. The van der Waals surface area contributed by atoms with E-state index >= 15 is 0 Å². The molecule has 0 saturated carbocycles. The molecule has 0 aliphatic carbocycles. The molecule has 2 aromatic rings. The van der Waals surface area contributed by atoms with Gasteiger partial charge in [0.1, 0.15) is 0 Å². The summed E-state index contributed by atoms with van der Waals surface area (Å²) in [7, 11) is 1.94. The van der Waals surface area contributed by atoms with Gasteiger partial charge in [0.25, 0.3) is 0 Å². The normalized spacial score (nSPS) is 14.7. The third kappa shape index (κ3) is 4.11. The highest BCUT2D eigenvalue weighted by Gasteiger charge is 2.25. The zero-order chi connectivity index (χ0) is 18.5. The van der Waals surface area contributed by atoms with Crippen LogP contribution in [0.1, 0.15) is 17.5 Å². The van der Waals surface area contributed by atoms with E-state index in [1.165, 1.54) is 0 Å². The van der Waals surface area contributed by atoms with Gasteiger partial charge >= 0.3 is 5.97 Å². The first-order chi connectivity index (χ1) is 12.6. The standard InChI is InChI=1S/C20H16IN3O2/c1-24(12-4-11-22)15-9-7-14(8-10-15)13-18-20(25)26-19(23-18)16-5-2-3-6-17(16)21/h2-3,5-10,13H,4,12H2,1H3. The van der Waals surface area contributed by atoms with Crippen molar-refractivity contribution in [3.8, 4) is 6.07 Å². The molecule has 0 spiro atoms. The first kappa shape index (κ1) is 18.1. The molecular formula is C20H16IN3O2. The number of esters is 1.